The number of amides is 1. The lowest BCUT2D eigenvalue weighted by atomic mass is 9.97. The number of carbonyl (C=O) groups excluding carboxylic acids is 1. The third-order valence-electron chi connectivity index (χ3n) is 6.46. The number of carbonyl (C=O) groups is 1. The Morgan fingerprint density at radius 2 is 1.84 bits per heavy atom. The molecule has 0 radical (unpaired) electrons. The topological polar surface area (TPSA) is 55.2 Å². The third-order valence-corrected chi connectivity index (χ3v) is 6.46. The Morgan fingerprint density at radius 3 is 2.53 bits per heavy atom. The fourth-order valence-electron chi connectivity index (χ4n) is 4.23. The highest BCUT2D eigenvalue weighted by atomic mass is 16.2. The molecule has 0 aliphatic rings. The van der Waals surface area contributed by atoms with Gasteiger partial charge in [-0.25, -0.2) is 4.98 Å². The maximum absolute atomic E-state index is 13.7. The standard InChI is InChI=1S/C27H35N3O2/c1-7-9-12-21(8-2)26(31)29(6)20(5)25-28-23-14-11-10-13-22(23)27(32)30(25)24-17-18(3)15-16-19(24)4/h10-11,13-17,20-21H,7-9,12H2,1-6H3. The molecule has 1 aromatic heterocycles. The first-order chi connectivity index (χ1) is 15.3. The molecule has 1 amide bonds. The number of para-hydroxylation sites is 1. The van der Waals surface area contributed by atoms with E-state index in [0.29, 0.717) is 16.7 Å². The molecule has 2 aromatic carbocycles. The third kappa shape index (κ3) is 4.62. The molecule has 3 rings (SSSR count). The maximum Gasteiger partial charge on any atom is 0.266 e. The van der Waals surface area contributed by atoms with E-state index < -0.39 is 0 Å². The minimum atomic E-state index is -0.351. The highest BCUT2D eigenvalue weighted by molar-refractivity contribution is 5.80. The van der Waals surface area contributed by atoms with E-state index >= 15 is 0 Å². The van der Waals surface area contributed by atoms with Crippen molar-refractivity contribution < 1.29 is 4.79 Å². The van der Waals surface area contributed by atoms with Gasteiger partial charge in [0.15, 0.2) is 0 Å². The van der Waals surface area contributed by atoms with Crippen LogP contribution in [-0.2, 0) is 4.79 Å². The number of hydrogen-bond donors (Lipinski definition) is 0. The molecule has 5 heteroatoms. The second kappa shape index (κ2) is 10.1. The highest BCUT2D eigenvalue weighted by Crippen LogP contribution is 2.26. The molecule has 0 N–H and O–H groups in total. The summed E-state index contributed by atoms with van der Waals surface area (Å²) in [5, 5.41) is 0.577. The van der Waals surface area contributed by atoms with Crippen molar-refractivity contribution in [1.82, 2.24) is 14.5 Å². The van der Waals surface area contributed by atoms with Crippen LogP contribution < -0.4 is 5.56 Å². The summed E-state index contributed by atoms with van der Waals surface area (Å²) in [7, 11) is 1.83. The number of unbranched alkanes of at least 4 members (excludes halogenated alkanes) is 1. The summed E-state index contributed by atoms with van der Waals surface area (Å²) < 4.78 is 1.70. The molecule has 0 saturated carbocycles. The monoisotopic (exact) mass is 433 g/mol. The number of nitrogens with zero attached hydrogens (tertiary/aromatic N) is 3. The Morgan fingerprint density at radius 1 is 1.12 bits per heavy atom. The van der Waals surface area contributed by atoms with Crippen LogP contribution in [0.2, 0.25) is 0 Å². The number of aromatic nitrogens is 2. The first kappa shape index (κ1) is 23.7. The first-order valence-electron chi connectivity index (χ1n) is 11.7. The fourth-order valence-corrected chi connectivity index (χ4v) is 4.23. The van der Waals surface area contributed by atoms with E-state index in [2.05, 4.69) is 13.8 Å². The summed E-state index contributed by atoms with van der Waals surface area (Å²) in [6.45, 7) is 10.2. The van der Waals surface area contributed by atoms with Crippen molar-refractivity contribution in [3.05, 3.63) is 69.8 Å². The van der Waals surface area contributed by atoms with Crippen LogP contribution in [0.15, 0.2) is 47.3 Å². The average molecular weight is 434 g/mol. The second-order valence-corrected chi connectivity index (χ2v) is 8.79. The van der Waals surface area contributed by atoms with Crippen LogP contribution in [0.5, 0.6) is 0 Å². The van der Waals surface area contributed by atoms with Crippen LogP contribution in [0.3, 0.4) is 0 Å². The predicted octanol–water partition coefficient (Wildman–Crippen LogP) is 5.74. The average Bonchev–Trinajstić information content (AvgIpc) is 2.80. The Hall–Kier alpha value is -2.95. The summed E-state index contributed by atoms with van der Waals surface area (Å²) in [6, 6.07) is 13.1. The van der Waals surface area contributed by atoms with Crippen molar-refractivity contribution in [1.29, 1.82) is 0 Å². The summed E-state index contributed by atoms with van der Waals surface area (Å²) in [4.78, 5) is 33.7. The van der Waals surface area contributed by atoms with Gasteiger partial charge in [0.1, 0.15) is 5.82 Å². The molecular weight excluding hydrogens is 398 g/mol. The minimum absolute atomic E-state index is 0.0104. The number of rotatable bonds is 8. The predicted molar refractivity (Wildman–Crippen MR) is 131 cm³/mol. The van der Waals surface area contributed by atoms with Crippen molar-refractivity contribution in [2.75, 3.05) is 7.05 Å². The number of benzene rings is 2. The maximum atomic E-state index is 13.7. The van der Waals surface area contributed by atoms with Crippen molar-refractivity contribution >= 4 is 16.8 Å². The van der Waals surface area contributed by atoms with E-state index in [1.807, 2.05) is 70.3 Å². The van der Waals surface area contributed by atoms with Crippen molar-refractivity contribution in [2.45, 2.75) is 66.3 Å². The smallest absolute Gasteiger partial charge is 0.266 e. The molecule has 1 heterocycles. The van der Waals surface area contributed by atoms with Crippen molar-refractivity contribution in [2.24, 2.45) is 5.92 Å². The van der Waals surface area contributed by atoms with Gasteiger partial charge >= 0.3 is 0 Å². The lowest BCUT2D eigenvalue weighted by molar-refractivity contribution is -0.136. The minimum Gasteiger partial charge on any atom is -0.336 e. The molecule has 0 aliphatic carbocycles. The van der Waals surface area contributed by atoms with Gasteiger partial charge in [-0.2, -0.15) is 0 Å². The van der Waals surface area contributed by atoms with Gasteiger partial charge in [0.2, 0.25) is 5.91 Å². The largest absolute Gasteiger partial charge is 0.336 e. The zero-order valence-electron chi connectivity index (χ0n) is 20.2. The van der Waals surface area contributed by atoms with Crippen molar-refractivity contribution in [3.63, 3.8) is 0 Å². The van der Waals surface area contributed by atoms with Crippen molar-refractivity contribution in [3.8, 4) is 5.69 Å². The van der Waals surface area contributed by atoms with Gasteiger partial charge in [0, 0.05) is 13.0 Å². The normalized spacial score (nSPS) is 13.2. The van der Waals surface area contributed by atoms with Gasteiger partial charge in [-0.3, -0.25) is 14.2 Å². The summed E-state index contributed by atoms with van der Waals surface area (Å²) in [5.74, 6) is 0.690. The molecule has 0 bridgehead atoms. The zero-order chi connectivity index (χ0) is 23.4. The summed E-state index contributed by atoms with van der Waals surface area (Å²) in [6.07, 6.45) is 3.80. The molecule has 2 unspecified atom stereocenters. The van der Waals surface area contributed by atoms with Gasteiger partial charge in [0.25, 0.3) is 5.56 Å². The number of aryl methyl sites for hydroxylation is 2. The SMILES string of the molecule is CCCCC(CC)C(=O)N(C)C(C)c1nc2ccccc2c(=O)n1-c1cc(C)ccc1C. The molecule has 0 aliphatic heterocycles. The lowest BCUT2D eigenvalue weighted by Crippen LogP contribution is -2.38. The van der Waals surface area contributed by atoms with Gasteiger partial charge in [-0.05, 0) is 62.9 Å². The molecule has 32 heavy (non-hydrogen) atoms. The zero-order valence-corrected chi connectivity index (χ0v) is 20.2. The van der Waals surface area contributed by atoms with E-state index in [1.54, 1.807) is 9.47 Å². The fraction of sp³-hybridized carbons (Fsp3) is 0.444. The van der Waals surface area contributed by atoms with Gasteiger partial charge in [-0.1, -0.05) is 51.0 Å². The number of fused-ring (bicyclic) bond motifs is 1. The summed E-state index contributed by atoms with van der Waals surface area (Å²) >= 11 is 0. The molecule has 0 spiro atoms. The van der Waals surface area contributed by atoms with E-state index in [1.165, 1.54) is 0 Å². The number of hydrogen-bond acceptors (Lipinski definition) is 3. The molecular formula is C27H35N3O2. The van der Waals surface area contributed by atoms with E-state index in [4.69, 9.17) is 4.98 Å². The van der Waals surface area contributed by atoms with Crippen LogP contribution in [0.1, 0.15) is 69.4 Å². The Bertz CT molecular complexity index is 1170. The van der Waals surface area contributed by atoms with Crippen LogP contribution in [0, 0.1) is 19.8 Å². The molecule has 2 atom stereocenters. The van der Waals surface area contributed by atoms with Crippen LogP contribution in [0.4, 0.5) is 0 Å². The van der Waals surface area contributed by atoms with Gasteiger partial charge in [-0.15, -0.1) is 0 Å². The molecule has 0 saturated heterocycles. The Labute approximate surface area is 191 Å². The molecule has 0 fully saturated rings. The van der Waals surface area contributed by atoms with Crippen LogP contribution in [0.25, 0.3) is 16.6 Å². The van der Waals surface area contributed by atoms with E-state index in [-0.39, 0.29) is 23.4 Å². The van der Waals surface area contributed by atoms with E-state index in [0.717, 1.165) is 42.5 Å². The second-order valence-electron chi connectivity index (χ2n) is 8.79. The van der Waals surface area contributed by atoms with Gasteiger partial charge < -0.3 is 4.90 Å². The quantitative estimate of drug-likeness (QED) is 0.455. The molecule has 170 valence electrons. The molecule has 3 aromatic rings. The first-order valence-corrected chi connectivity index (χ1v) is 11.7. The van der Waals surface area contributed by atoms with Gasteiger partial charge in [0.05, 0.1) is 22.6 Å². The van der Waals surface area contributed by atoms with Crippen LogP contribution in [-0.4, -0.2) is 27.4 Å². The van der Waals surface area contributed by atoms with E-state index in [9.17, 15) is 9.59 Å². The summed E-state index contributed by atoms with van der Waals surface area (Å²) in [5.41, 5.74) is 3.42. The Kier molecular flexibility index (Phi) is 7.49. The Balaban J connectivity index is 2.17. The van der Waals surface area contributed by atoms with Crippen LogP contribution >= 0.6 is 0 Å². The molecule has 5 nitrogen and oxygen atoms in total. The highest BCUT2D eigenvalue weighted by Gasteiger charge is 2.28. The lowest BCUT2D eigenvalue weighted by Gasteiger charge is -2.30.